The molecule has 0 saturated heterocycles. The molecule has 0 aliphatic rings. The topological polar surface area (TPSA) is 37.3 Å². The minimum atomic E-state index is -0.900. The van der Waals surface area contributed by atoms with E-state index in [4.69, 9.17) is 5.11 Å². The van der Waals surface area contributed by atoms with Gasteiger partial charge in [0.2, 0.25) is 0 Å². The van der Waals surface area contributed by atoms with Crippen LogP contribution < -0.4 is 0 Å². The van der Waals surface area contributed by atoms with Gasteiger partial charge in [0.1, 0.15) is 0 Å². The van der Waals surface area contributed by atoms with E-state index in [0.717, 1.165) is 17.6 Å². The van der Waals surface area contributed by atoms with Crippen LogP contribution in [0.2, 0.25) is 0 Å². The molecule has 0 aliphatic heterocycles. The number of carboxylic acid groups (broad SMARTS) is 1. The van der Waals surface area contributed by atoms with Gasteiger partial charge in [-0.15, -0.1) is 0 Å². The lowest BCUT2D eigenvalue weighted by atomic mass is 9.96. The van der Waals surface area contributed by atoms with Gasteiger partial charge >= 0.3 is 5.97 Å². The van der Waals surface area contributed by atoms with Crippen LogP contribution in [0.15, 0.2) is 30.3 Å². The maximum Gasteiger partial charge on any atom is 0.328 e. The van der Waals surface area contributed by atoms with Crippen molar-refractivity contribution in [2.24, 2.45) is 0 Å². The molecule has 0 heterocycles. The van der Waals surface area contributed by atoms with Crippen molar-refractivity contribution in [1.82, 2.24) is 0 Å². The van der Waals surface area contributed by atoms with Gasteiger partial charge in [-0.05, 0) is 36.0 Å². The second kappa shape index (κ2) is 5.50. The maximum atomic E-state index is 10.5. The summed E-state index contributed by atoms with van der Waals surface area (Å²) in [5.41, 5.74) is 3.05. The van der Waals surface area contributed by atoms with Gasteiger partial charge in [-0.3, -0.25) is 0 Å². The van der Waals surface area contributed by atoms with Gasteiger partial charge < -0.3 is 5.11 Å². The molecular weight excluding hydrogens is 200 g/mol. The summed E-state index contributed by atoms with van der Waals surface area (Å²) in [6.07, 6.45) is 2.35. The summed E-state index contributed by atoms with van der Waals surface area (Å²) < 4.78 is 0. The first-order valence-electron chi connectivity index (χ1n) is 5.56. The van der Waals surface area contributed by atoms with Gasteiger partial charge in [-0.1, -0.05) is 38.1 Å². The maximum absolute atomic E-state index is 10.5. The van der Waals surface area contributed by atoms with Crippen molar-refractivity contribution in [3.8, 4) is 0 Å². The highest BCUT2D eigenvalue weighted by molar-refractivity contribution is 5.89. The zero-order valence-electron chi connectivity index (χ0n) is 10.0. The number of hydrogen-bond donors (Lipinski definition) is 1. The second-order valence-corrected chi connectivity index (χ2v) is 4.10. The molecular formula is C14H18O2. The molecule has 0 amide bonds. The van der Waals surface area contributed by atoms with E-state index in [1.807, 2.05) is 19.1 Å². The Hall–Kier alpha value is -1.57. The highest BCUT2D eigenvalue weighted by Crippen LogP contribution is 2.21. The number of carbonyl (C=O) groups is 1. The fraction of sp³-hybridized carbons (Fsp3) is 0.357. The molecule has 1 rings (SSSR count). The minimum Gasteiger partial charge on any atom is -0.478 e. The summed E-state index contributed by atoms with van der Waals surface area (Å²) in [7, 11) is 0. The quantitative estimate of drug-likeness (QED) is 0.782. The van der Waals surface area contributed by atoms with E-state index in [9.17, 15) is 4.79 Å². The Morgan fingerprint density at radius 2 is 1.94 bits per heavy atom. The van der Waals surface area contributed by atoms with Crippen molar-refractivity contribution in [2.45, 2.75) is 33.1 Å². The Labute approximate surface area is 96.6 Å². The Morgan fingerprint density at radius 1 is 1.38 bits per heavy atom. The molecule has 0 bridgehead atoms. The second-order valence-electron chi connectivity index (χ2n) is 4.10. The van der Waals surface area contributed by atoms with Crippen LogP contribution in [0, 0.1) is 0 Å². The van der Waals surface area contributed by atoms with Gasteiger partial charge in [0.25, 0.3) is 0 Å². The minimum absolute atomic E-state index is 0.554. The average Bonchev–Trinajstić information content (AvgIpc) is 2.27. The smallest absolute Gasteiger partial charge is 0.328 e. The van der Waals surface area contributed by atoms with Crippen LogP contribution in [0.3, 0.4) is 0 Å². The lowest BCUT2D eigenvalue weighted by Gasteiger charge is -2.09. The fourth-order valence-corrected chi connectivity index (χ4v) is 1.58. The standard InChI is InChI=1S/C14H18O2/c1-4-10(2)12-5-7-13(8-6-12)11(3)9-14(15)16/h5-10H,4H2,1-3H3,(H,15,16)/b11-9+. The summed E-state index contributed by atoms with van der Waals surface area (Å²) in [5, 5.41) is 8.65. The van der Waals surface area contributed by atoms with Crippen molar-refractivity contribution in [2.75, 3.05) is 0 Å². The fourth-order valence-electron chi connectivity index (χ4n) is 1.58. The number of rotatable bonds is 4. The van der Waals surface area contributed by atoms with Gasteiger partial charge in [0.05, 0.1) is 0 Å². The summed E-state index contributed by atoms with van der Waals surface area (Å²) in [6, 6.07) is 8.11. The van der Waals surface area contributed by atoms with Gasteiger partial charge in [0, 0.05) is 6.08 Å². The Morgan fingerprint density at radius 3 is 2.38 bits per heavy atom. The number of benzene rings is 1. The highest BCUT2D eigenvalue weighted by atomic mass is 16.4. The van der Waals surface area contributed by atoms with E-state index in [1.54, 1.807) is 0 Å². The van der Waals surface area contributed by atoms with E-state index in [2.05, 4.69) is 26.0 Å². The van der Waals surface area contributed by atoms with Crippen LogP contribution in [-0.2, 0) is 4.79 Å². The largest absolute Gasteiger partial charge is 0.478 e. The molecule has 2 heteroatoms. The summed E-state index contributed by atoms with van der Waals surface area (Å²) in [4.78, 5) is 10.5. The molecule has 0 aromatic heterocycles. The van der Waals surface area contributed by atoms with Crippen LogP contribution in [0.5, 0.6) is 0 Å². The zero-order chi connectivity index (χ0) is 12.1. The van der Waals surface area contributed by atoms with E-state index < -0.39 is 5.97 Å². The third kappa shape index (κ3) is 3.23. The first-order valence-corrected chi connectivity index (χ1v) is 5.56. The molecule has 0 spiro atoms. The van der Waals surface area contributed by atoms with E-state index in [-0.39, 0.29) is 0 Å². The lowest BCUT2D eigenvalue weighted by molar-refractivity contribution is -0.131. The summed E-state index contributed by atoms with van der Waals surface area (Å²) in [5.74, 6) is -0.346. The SMILES string of the molecule is CCC(C)c1ccc(/C(C)=C/C(=O)O)cc1. The average molecular weight is 218 g/mol. The third-order valence-electron chi connectivity index (χ3n) is 2.89. The van der Waals surface area contributed by atoms with Gasteiger partial charge in [-0.2, -0.15) is 0 Å². The van der Waals surface area contributed by atoms with Crippen LogP contribution in [0.25, 0.3) is 5.57 Å². The molecule has 0 fully saturated rings. The monoisotopic (exact) mass is 218 g/mol. The van der Waals surface area contributed by atoms with Gasteiger partial charge in [-0.25, -0.2) is 4.79 Å². The van der Waals surface area contributed by atoms with Crippen LogP contribution in [0.1, 0.15) is 44.2 Å². The number of hydrogen-bond acceptors (Lipinski definition) is 1. The summed E-state index contributed by atoms with van der Waals surface area (Å²) in [6.45, 7) is 6.16. The molecule has 0 saturated carbocycles. The normalized spacial score (nSPS) is 13.6. The molecule has 1 aromatic rings. The molecule has 1 aromatic carbocycles. The third-order valence-corrected chi connectivity index (χ3v) is 2.89. The van der Waals surface area contributed by atoms with Crippen LogP contribution >= 0.6 is 0 Å². The molecule has 16 heavy (non-hydrogen) atoms. The molecule has 0 aliphatic carbocycles. The van der Waals surface area contributed by atoms with Crippen molar-refractivity contribution < 1.29 is 9.90 Å². The van der Waals surface area contributed by atoms with Crippen molar-refractivity contribution in [3.05, 3.63) is 41.5 Å². The predicted molar refractivity (Wildman–Crippen MR) is 66.4 cm³/mol. The summed E-state index contributed by atoms with van der Waals surface area (Å²) >= 11 is 0. The Kier molecular flexibility index (Phi) is 4.29. The van der Waals surface area contributed by atoms with Crippen molar-refractivity contribution in [1.29, 1.82) is 0 Å². The predicted octanol–water partition coefficient (Wildman–Crippen LogP) is 3.69. The van der Waals surface area contributed by atoms with Crippen LogP contribution in [-0.4, -0.2) is 11.1 Å². The number of aliphatic carboxylic acids is 1. The highest BCUT2D eigenvalue weighted by Gasteiger charge is 2.03. The van der Waals surface area contributed by atoms with Crippen LogP contribution in [0.4, 0.5) is 0 Å². The number of allylic oxidation sites excluding steroid dienone is 1. The van der Waals surface area contributed by atoms with E-state index in [0.29, 0.717) is 5.92 Å². The molecule has 86 valence electrons. The Bertz CT molecular complexity index is 388. The molecule has 2 nitrogen and oxygen atoms in total. The first kappa shape index (κ1) is 12.5. The molecule has 0 radical (unpaired) electrons. The zero-order valence-corrected chi connectivity index (χ0v) is 10.0. The first-order chi connectivity index (χ1) is 7.54. The number of carboxylic acids is 1. The molecule has 1 N–H and O–H groups in total. The van der Waals surface area contributed by atoms with E-state index >= 15 is 0 Å². The molecule has 1 atom stereocenters. The molecule has 1 unspecified atom stereocenters. The van der Waals surface area contributed by atoms with Crippen molar-refractivity contribution in [3.63, 3.8) is 0 Å². The van der Waals surface area contributed by atoms with Crippen molar-refractivity contribution >= 4 is 11.5 Å². The van der Waals surface area contributed by atoms with E-state index in [1.165, 1.54) is 11.6 Å². The van der Waals surface area contributed by atoms with Gasteiger partial charge in [0.15, 0.2) is 0 Å². The lowest BCUT2D eigenvalue weighted by Crippen LogP contribution is -1.93. The Balaban J connectivity index is 2.91.